The predicted molar refractivity (Wildman–Crippen MR) is 152 cm³/mol. The van der Waals surface area contributed by atoms with Crippen molar-refractivity contribution in [3.8, 4) is 11.5 Å². The largest absolute Gasteiger partial charge is 0.493 e. The fourth-order valence-corrected chi connectivity index (χ4v) is 4.62. The first kappa shape index (κ1) is 26.4. The average Bonchev–Trinajstić information content (AvgIpc) is 2.83. The second kappa shape index (κ2) is 10.7. The van der Waals surface area contributed by atoms with Gasteiger partial charge in [-0.05, 0) is 69.5 Å². The minimum atomic E-state index is -0.407. The Labute approximate surface area is 231 Å². The molecule has 0 radical (unpaired) electrons. The first-order chi connectivity index (χ1) is 17.1. The van der Waals surface area contributed by atoms with Crippen LogP contribution >= 0.6 is 43.5 Å². The van der Waals surface area contributed by atoms with Crippen molar-refractivity contribution in [2.24, 2.45) is 5.10 Å². The Kier molecular flexibility index (Phi) is 7.87. The summed E-state index contributed by atoms with van der Waals surface area (Å²) in [5.74, 6) is 1.66. The number of ether oxygens (including phenoxy) is 2. The maximum absolute atomic E-state index is 13.4. The number of halogens is 3. The maximum atomic E-state index is 13.4. The van der Waals surface area contributed by atoms with Gasteiger partial charge in [-0.15, -0.1) is 0 Å². The van der Waals surface area contributed by atoms with Gasteiger partial charge in [0.25, 0.3) is 5.56 Å². The van der Waals surface area contributed by atoms with Crippen LogP contribution in [-0.4, -0.2) is 23.0 Å². The van der Waals surface area contributed by atoms with Crippen LogP contribution in [0.5, 0.6) is 11.5 Å². The zero-order valence-corrected chi connectivity index (χ0v) is 24.1. The Morgan fingerprint density at radius 3 is 2.47 bits per heavy atom. The molecule has 3 aromatic carbocycles. The zero-order chi connectivity index (χ0) is 26.0. The molecule has 0 bridgehead atoms. The lowest BCUT2D eigenvalue weighted by Gasteiger charge is -2.21. The highest BCUT2D eigenvalue weighted by Crippen LogP contribution is 2.37. The molecule has 4 rings (SSSR count). The molecular weight excluding hydrogens is 610 g/mol. The SMILES string of the molecule is COc1cc(C=Nn2c(C(C)(C)C)nc3ccc(Br)cc3c2=O)cc(Br)c1OCc1ccc(Cl)cc1. The first-order valence-electron chi connectivity index (χ1n) is 11.1. The molecule has 0 aliphatic heterocycles. The lowest BCUT2D eigenvalue weighted by Crippen LogP contribution is -2.29. The van der Waals surface area contributed by atoms with Crippen molar-refractivity contribution < 1.29 is 9.47 Å². The molecule has 0 aliphatic rings. The van der Waals surface area contributed by atoms with Crippen molar-refractivity contribution in [1.82, 2.24) is 9.66 Å². The summed E-state index contributed by atoms with van der Waals surface area (Å²) in [5, 5.41) is 5.70. The summed E-state index contributed by atoms with van der Waals surface area (Å²) in [6.45, 7) is 6.34. The summed E-state index contributed by atoms with van der Waals surface area (Å²) in [6.07, 6.45) is 1.61. The molecule has 0 N–H and O–H groups in total. The minimum Gasteiger partial charge on any atom is -0.493 e. The number of aromatic nitrogens is 2. The van der Waals surface area contributed by atoms with Crippen molar-refractivity contribution >= 4 is 60.6 Å². The van der Waals surface area contributed by atoms with Gasteiger partial charge in [-0.25, -0.2) is 4.98 Å². The Hall–Kier alpha value is -2.68. The van der Waals surface area contributed by atoms with Gasteiger partial charge in [0.15, 0.2) is 11.5 Å². The third kappa shape index (κ3) is 5.82. The van der Waals surface area contributed by atoms with E-state index in [0.717, 1.165) is 15.6 Å². The van der Waals surface area contributed by atoms with Gasteiger partial charge in [0.2, 0.25) is 0 Å². The van der Waals surface area contributed by atoms with Crippen molar-refractivity contribution in [2.45, 2.75) is 32.8 Å². The summed E-state index contributed by atoms with van der Waals surface area (Å²) >= 11 is 13.0. The van der Waals surface area contributed by atoms with Crippen molar-refractivity contribution in [3.63, 3.8) is 0 Å². The molecular formula is C27H24Br2ClN3O3. The summed E-state index contributed by atoms with van der Waals surface area (Å²) in [5.41, 5.74) is 1.68. The van der Waals surface area contributed by atoms with E-state index < -0.39 is 5.41 Å². The number of benzene rings is 3. The molecule has 0 aliphatic carbocycles. The smallest absolute Gasteiger partial charge is 0.282 e. The van der Waals surface area contributed by atoms with Crippen LogP contribution in [0.1, 0.15) is 37.7 Å². The number of hydrogen-bond acceptors (Lipinski definition) is 5. The molecule has 0 fully saturated rings. The molecule has 0 unspecified atom stereocenters. The van der Waals surface area contributed by atoms with E-state index in [2.05, 4.69) is 37.0 Å². The summed E-state index contributed by atoms with van der Waals surface area (Å²) < 4.78 is 14.4. The second-order valence-electron chi connectivity index (χ2n) is 9.16. The number of methoxy groups -OCH3 is 1. The van der Waals surface area contributed by atoms with Crippen LogP contribution in [0, 0.1) is 0 Å². The molecule has 1 aromatic heterocycles. The lowest BCUT2D eigenvalue weighted by atomic mass is 9.95. The summed E-state index contributed by atoms with van der Waals surface area (Å²) in [6, 6.07) is 16.6. The molecule has 0 atom stereocenters. The van der Waals surface area contributed by atoms with Crippen LogP contribution in [0.2, 0.25) is 5.02 Å². The van der Waals surface area contributed by atoms with Crippen molar-refractivity contribution in [2.75, 3.05) is 7.11 Å². The minimum absolute atomic E-state index is 0.239. The van der Waals surface area contributed by atoms with Crippen molar-refractivity contribution in [3.05, 3.63) is 95.9 Å². The zero-order valence-electron chi connectivity index (χ0n) is 20.2. The van der Waals surface area contributed by atoms with E-state index in [9.17, 15) is 4.79 Å². The summed E-state index contributed by atoms with van der Waals surface area (Å²) in [7, 11) is 1.57. The van der Waals surface area contributed by atoms with E-state index in [0.29, 0.717) is 44.3 Å². The highest BCUT2D eigenvalue weighted by atomic mass is 79.9. The van der Waals surface area contributed by atoms with E-state index in [1.165, 1.54) is 4.68 Å². The Morgan fingerprint density at radius 2 is 1.81 bits per heavy atom. The van der Waals surface area contributed by atoms with Crippen LogP contribution in [0.4, 0.5) is 0 Å². The highest BCUT2D eigenvalue weighted by Gasteiger charge is 2.23. The maximum Gasteiger partial charge on any atom is 0.282 e. The fourth-order valence-electron chi connectivity index (χ4n) is 3.56. The first-order valence-corrected chi connectivity index (χ1v) is 13.0. The van der Waals surface area contributed by atoms with Crippen LogP contribution < -0.4 is 15.0 Å². The average molecular weight is 634 g/mol. The van der Waals surface area contributed by atoms with Gasteiger partial charge in [-0.3, -0.25) is 4.79 Å². The van der Waals surface area contributed by atoms with Gasteiger partial charge in [0.05, 0.1) is 28.7 Å². The fraction of sp³-hybridized carbons (Fsp3) is 0.222. The quantitative estimate of drug-likeness (QED) is 0.209. The van der Waals surface area contributed by atoms with Crippen LogP contribution in [0.3, 0.4) is 0 Å². The summed E-state index contributed by atoms with van der Waals surface area (Å²) in [4.78, 5) is 18.1. The van der Waals surface area contributed by atoms with E-state index in [-0.39, 0.29) is 5.56 Å². The molecule has 6 nitrogen and oxygen atoms in total. The molecule has 0 saturated carbocycles. The normalized spacial score (nSPS) is 11.9. The standard InChI is InChI=1S/C27H24Br2ClN3O3/c1-27(2,3)26-32-22-10-7-18(28)13-20(22)25(34)33(26)31-14-17-11-21(29)24(23(12-17)35-4)36-15-16-5-8-19(30)9-6-16/h5-14H,15H2,1-4H3. The molecule has 9 heteroatoms. The topological polar surface area (TPSA) is 65.7 Å². The van der Waals surface area contributed by atoms with E-state index in [1.54, 1.807) is 25.5 Å². The monoisotopic (exact) mass is 631 g/mol. The molecule has 0 amide bonds. The third-order valence-corrected chi connectivity index (χ3v) is 6.68. The van der Waals surface area contributed by atoms with E-state index >= 15 is 0 Å². The van der Waals surface area contributed by atoms with E-state index in [1.807, 2.05) is 63.2 Å². The van der Waals surface area contributed by atoms with E-state index in [4.69, 9.17) is 26.1 Å². The number of hydrogen-bond donors (Lipinski definition) is 0. The van der Waals surface area contributed by atoms with Gasteiger partial charge in [-0.1, -0.05) is 60.4 Å². The van der Waals surface area contributed by atoms with Crippen LogP contribution in [-0.2, 0) is 12.0 Å². The molecule has 0 saturated heterocycles. The van der Waals surface area contributed by atoms with Crippen LogP contribution in [0.25, 0.3) is 10.9 Å². The third-order valence-electron chi connectivity index (χ3n) is 5.35. The Balaban J connectivity index is 1.71. The molecule has 36 heavy (non-hydrogen) atoms. The lowest BCUT2D eigenvalue weighted by molar-refractivity contribution is 0.282. The molecule has 1 heterocycles. The highest BCUT2D eigenvalue weighted by molar-refractivity contribution is 9.10. The Morgan fingerprint density at radius 1 is 1.08 bits per heavy atom. The molecule has 0 spiro atoms. The van der Waals surface area contributed by atoms with Gasteiger partial charge in [0, 0.05) is 14.9 Å². The molecule has 186 valence electrons. The predicted octanol–water partition coefficient (Wildman–Crippen LogP) is 7.34. The van der Waals surface area contributed by atoms with Gasteiger partial charge in [0.1, 0.15) is 12.4 Å². The molecule has 4 aromatic rings. The van der Waals surface area contributed by atoms with Gasteiger partial charge < -0.3 is 9.47 Å². The van der Waals surface area contributed by atoms with Crippen LogP contribution in [0.15, 0.2) is 73.4 Å². The second-order valence-corrected chi connectivity index (χ2v) is 11.4. The Bertz CT molecular complexity index is 1510. The number of rotatable bonds is 6. The van der Waals surface area contributed by atoms with Gasteiger partial charge in [-0.2, -0.15) is 9.78 Å². The van der Waals surface area contributed by atoms with Gasteiger partial charge >= 0.3 is 0 Å². The number of nitrogens with zero attached hydrogens (tertiary/aromatic N) is 3. The number of fused-ring (bicyclic) bond motifs is 1. The van der Waals surface area contributed by atoms with Crippen molar-refractivity contribution in [1.29, 1.82) is 0 Å².